The number of pyridine rings is 1. The fraction of sp³-hybridized carbons (Fsp3) is 0.375. The number of hydrogen-bond donors (Lipinski definition) is 1. The predicted octanol–water partition coefficient (Wildman–Crippen LogP) is 2.63. The van der Waals surface area contributed by atoms with Crippen LogP contribution in [0.3, 0.4) is 0 Å². The normalized spacial score (nSPS) is 14.7. The maximum atomic E-state index is 12.6. The summed E-state index contributed by atoms with van der Waals surface area (Å²) in [7, 11) is 0. The fourth-order valence-electron chi connectivity index (χ4n) is 2.84. The molecule has 7 heteroatoms. The number of halogens is 1. The van der Waals surface area contributed by atoms with E-state index >= 15 is 0 Å². The van der Waals surface area contributed by atoms with Crippen LogP contribution >= 0.6 is 15.9 Å². The number of rotatable bonds is 4. The second kappa shape index (κ2) is 7.04. The van der Waals surface area contributed by atoms with Gasteiger partial charge in [-0.3, -0.25) is 9.78 Å². The average molecular weight is 376 g/mol. The molecule has 0 atom stereocenters. The average Bonchev–Trinajstić information content (AvgIpc) is 2.58. The van der Waals surface area contributed by atoms with E-state index in [1.807, 2.05) is 6.07 Å². The highest BCUT2D eigenvalue weighted by Crippen LogP contribution is 2.25. The van der Waals surface area contributed by atoms with Crippen LogP contribution in [0.5, 0.6) is 0 Å². The fourth-order valence-corrected chi connectivity index (χ4v) is 3.12. The zero-order valence-corrected chi connectivity index (χ0v) is 14.3. The first-order valence-electron chi connectivity index (χ1n) is 7.64. The second-order valence-electron chi connectivity index (χ2n) is 5.58. The van der Waals surface area contributed by atoms with Gasteiger partial charge in [0.15, 0.2) is 11.6 Å². The molecule has 0 aromatic carbocycles. The monoisotopic (exact) mass is 375 g/mol. The van der Waals surface area contributed by atoms with Crippen molar-refractivity contribution in [2.45, 2.75) is 25.7 Å². The Morgan fingerprint density at radius 2 is 2.04 bits per heavy atom. The molecule has 0 aliphatic carbocycles. The van der Waals surface area contributed by atoms with Gasteiger partial charge >= 0.3 is 0 Å². The molecule has 2 N–H and O–H groups in total. The molecule has 0 bridgehead atoms. The highest BCUT2D eigenvalue weighted by molar-refractivity contribution is 9.10. The number of nitrogen functional groups attached to an aromatic ring is 1. The maximum Gasteiger partial charge on any atom is 0.189 e. The molecule has 0 spiro atoms. The SMILES string of the molecule is Nc1ncc(Br)nc1C(=O)Cc1cnccc1N1CCCCC1. The molecule has 0 amide bonds. The Balaban J connectivity index is 1.85. The Bertz CT molecular complexity index is 715. The number of nitrogens with two attached hydrogens (primary N) is 1. The van der Waals surface area contributed by atoms with Crippen molar-refractivity contribution in [3.8, 4) is 0 Å². The first kappa shape index (κ1) is 15.9. The summed E-state index contributed by atoms with van der Waals surface area (Å²) in [6.45, 7) is 2.04. The molecule has 1 aliphatic heterocycles. The lowest BCUT2D eigenvalue weighted by Gasteiger charge is -2.30. The van der Waals surface area contributed by atoms with Gasteiger partial charge in [-0.1, -0.05) is 0 Å². The molecule has 0 unspecified atom stereocenters. The summed E-state index contributed by atoms with van der Waals surface area (Å²) in [5.41, 5.74) is 7.97. The summed E-state index contributed by atoms with van der Waals surface area (Å²) in [6, 6.07) is 1.98. The first-order valence-corrected chi connectivity index (χ1v) is 8.43. The van der Waals surface area contributed by atoms with E-state index in [0.29, 0.717) is 4.60 Å². The Morgan fingerprint density at radius 1 is 1.26 bits per heavy atom. The highest BCUT2D eigenvalue weighted by Gasteiger charge is 2.19. The smallest absolute Gasteiger partial charge is 0.189 e. The van der Waals surface area contributed by atoms with Gasteiger partial charge in [0, 0.05) is 43.2 Å². The Morgan fingerprint density at radius 3 is 2.83 bits per heavy atom. The van der Waals surface area contributed by atoms with Crippen LogP contribution in [0, 0.1) is 0 Å². The third kappa shape index (κ3) is 3.67. The highest BCUT2D eigenvalue weighted by atomic mass is 79.9. The summed E-state index contributed by atoms with van der Waals surface area (Å²) >= 11 is 3.23. The predicted molar refractivity (Wildman–Crippen MR) is 92.5 cm³/mol. The molecule has 0 saturated carbocycles. The number of carbonyl (C=O) groups excluding carboxylic acids is 1. The third-order valence-electron chi connectivity index (χ3n) is 3.96. The number of Topliss-reactive ketones (excluding diaryl/α,β-unsaturated/α-hetero) is 1. The van der Waals surface area contributed by atoms with E-state index in [2.05, 4.69) is 35.8 Å². The maximum absolute atomic E-state index is 12.6. The molecular weight excluding hydrogens is 358 g/mol. The van der Waals surface area contributed by atoms with Crippen molar-refractivity contribution in [1.29, 1.82) is 0 Å². The van der Waals surface area contributed by atoms with Crippen molar-refractivity contribution in [3.63, 3.8) is 0 Å². The van der Waals surface area contributed by atoms with Gasteiger partial charge in [-0.2, -0.15) is 0 Å². The quantitative estimate of drug-likeness (QED) is 0.826. The lowest BCUT2D eigenvalue weighted by molar-refractivity contribution is 0.0988. The van der Waals surface area contributed by atoms with Crippen LogP contribution in [0.25, 0.3) is 0 Å². The molecule has 6 nitrogen and oxygen atoms in total. The number of aromatic nitrogens is 3. The Kier molecular flexibility index (Phi) is 4.85. The second-order valence-corrected chi connectivity index (χ2v) is 6.39. The van der Waals surface area contributed by atoms with Crippen LogP contribution in [0.4, 0.5) is 11.5 Å². The van der Waals surface area contributed by atoms with E-state index in [0.717, 1.165) is 24.3 Å². The molecular formula is C16H18BrN5O. The lowest BCUT2D eigenvalue weighted by Crippen LogP contribution is -2.30. The third-order valence-corrected chi connectivity index (χ3v) is 4.34. The Labute approximate surface area is 143 Å². The first-order chi connectivity index (χ1) is 11.1. The number of ketones is 1. The number of anilines is 2. The van der Waals surface area contributed by atoms with Gasteiger partial charge in [0.05, 0.1) is 6.20 Å². The minimum Gasteiger partial charge on any atom is -0.382 e. The molecule has 1 saturated heterocycles. The Hall–Kier alpha value is -2.02. The summed E-state index contributed by atoms with van der Waals surface area (Å²) in [4.78, 5) is 27.2. The minimum absolute atomic E-state index is 0.150. The van der Waals surface area contributed by atoms with Crippen LogP contribution in [0.2, 0.25) is 0 Å². The van der Waals surface area contributed by atoms with Crippen LogP contribution in [-0.2, 0) is 6.42 Å². The van der Waals surface area contributed by atoms with Crippen LogP contribution in [-0.4, -0.2) is 33.8 Å². The van der Waals surface area contributed by atoms with Crippen molar-refractivity contribution in [1.82, 2.24) is 15.0 Å². The van der Waals surface area contributed by atoms with Crippen molar-refractivity contribution in [2.75, 3.05) is 23.7 Å². The van der Waals surface area contributed by atoms with E-state index < -0.39 is 0 Å². The van der Waals surface area contributed by atoms with Crippen molar-refractivity contribution < 1.29 is 4.79 Å². The van der Waals surface area contributed by atoms with Gasteiger partial charge in [-0.15, -0.1) is 0 Å². The molecule has 2 aromatic rings. The van der Waals surface area contributed by atoms with Crippen LogP contribution < -0.4 is 10.6 Å². The molecule has 23 heavy (non-hydrogen) atoms. The number of carbonyl (C=O) groups is 1. The summed E-state index contributed by atoms with van der Waals surface area (Å²) in [5, 5.41) is 0. The van der Waals surface area contributed by atoms with Crippen molar-refractivity contribution in [3.05, 3.63) is 40.5 Å². The van der Waals surface area contributed by atoms with Gasteiger partial charge < -0.3 is 10.6 Å². The van der Waals surface area contributed by atoms with E-state index in [1.54, 1.807) is 12.4 Å². The molecule has 1 fully saturated rings. The molecule has 120 valence electrons. The van der Waals surface area contributed by atoms with Crippen LogP contribution in [0.15, 0.2) is 29.3 Å². The van der Waals surface area contributed by atoms with Crippen LogP contribution in [0.1, 0.15) is 35.3 Å². The molecule has 3 rings (SSSR count). The molecule has 2 aromatic heterocycles. The van der Waals surface area contributed by atoms with E-state index in [1.165, 1.54) is 25.5 Å². The zero-order chi connectivity index (χ0) is 16.2. The van der Waals surface area contributed by atoms with Gasteiger partial charge in [0.25, 0.3) is 0 Å². The van der Waals surface area contributed by atoms with Gasteiger partial charge in [0.2, 0.25) is 0 Å². The number of hydrogen-bond acceptors (Lipinski definition) is 6. The summed E-state index contributed by atoms with van der Waals surface area (Å²) in [5.74, 6) is 0.00386. The topological polar surface area (TPSA) is 85.0 Å². The van der Waals surface area contributed by atoms with E-state index in [4.69, 9.17) is 5.73 Å². The van der Waals surface area contributed by atoms with Gasteiger partial charge in [-0.25, -0.2) is 9.97 Å². The van der Waals surface area contributed by atoms with E-state index in [9.17, 15) is 4.79 Å². The molecule has 1 aliphatic rings. The summed E-state index contributed by atoms with van der Waals surface area (Å²) < 4.78 is 0.498. The summed E-state index contributed by atoms with van der Waals surface area (Å²) in [6.07, 6.45) is 8.85. The standard InChI is InChI=1S/C16H18BrN5O/c17-14-10-20-16(18)15(21-14)13(23)8-11-9-19-5-4-12(11)22-6-2-1-3-7-22/h4-5,9-10H,1-3,6-8H2,(H2,18,20). The van der Waals surface area contributed by atoms with Crippen molar-refractivity contribution in [2.24, 2.45) is 0 Å². The minimum atomic E-state index is -0.150. The van der Waals surface area contributed by atoms with Gasteiger partial charge in [0.1, 0.15) is 10.3 Å². The largest absolute Gasteiger partial charge is 0.382 e. The van der Waals surface area contributed by atoms with E-state index in [-0.39, 0.29) is 23.7 Å². The zero-order valence-electron chi connectivity index (χ0n) is 12.7. The molecule has 0 radical (unpaired) electrons. The van der Waals surface area contributed by atoms with Gasteiger partial charge in [-0.05, 0) is 41.3 Å². The lowest BCUT2D eigenvalue weighted by atomic mass is 10.0. The number of piperidine rings is 1. The van der Waals surface area contributed by atoms with Crippen molar-refractivity contribution >= 4 is 33.2 Å². The number of nitrogens with zero attached hydrogens (tertiary/aromatic N) is 4. The molecule has 3 heterocycles.